The van der Waals surface area contributed by atoms with Crippen molar-refractivity contribution in [1.29, 1.82) is 0 Å². The predicted molar refractivity (Wildman–Crippen MR) is 89.9 cm³/mol. The number of likely N-dealkylation sites (N-methyl/N-ethyl adjacent to an activating group) is 1. The molecule has 0 fully saturated rings. The third kappa shape index (κ3) is 4.25. The van der Waals surface area contributed by atoms with Crippen molar-refractivity contribution >= 4 is 5.91 Å². The van der Waals surface area contributed by atoms with Gasteiger partial charge in [-0.25, -0.2) is 0 Å². The highest BCUT2D eigenvalue weighted by atomic mass is 19.4. The largest absolute Gasteiger partial charge is 0.496 e. The number of para-hydroxylation sites is 1. The van der Waals surface area contributed by atoms with Gasteiger partial charge in [0.25, 0.3) is 5.56 Å². The highest BCUT2D eigenvalue weighted by Gasteiger charge is 2.31. The van der Waals surface area contributed by atoms with E-state index < -0.39 is 29.8 Å². The number of ether oxygens (including phenoxy) is 1. The number of pyridine rings is 1. The van der Waals surface area contributed by atoms with Gasteiger partial charge in [0.2, 0.25) is 5.91 Å². The van der Waals surface area contributed by atoms with Gasteiger partial charge in [0.1, 0.15) is 12.3 Å². The Morgan fingerprint density at radius 2 is 1.88 bits per heavy atom. The fourth-order valence-electron chi connectivity index (χ4n) is 2.52. The SMILES string of the molecule is COc1ccccc1C(C)N(C)C(=O)Cn1cc(C(F)(F)F)ccc1=O. The number of methoxy groups -OCH3 is 1. The number of carbonyl (C=O) groups excluding carboxylic acids is 1. The lowest BCUT2D eigenvalue weighted by atomic mass is 10.1. The fraction of sp³-hybridized carbons (Fsp3) is 0.333. The van der Waals surface area contributed by atoms with Crippen molar-refractivity contribution in [3.05, 3.63) is 64.1 Å². The van der Waals surface area contributed by atoms with E-state index in [9.17, 15) is 22.8 Å². The van der Waals surface area contributed by atoms with E-state index in [1.807, 2.05) is 0 Å². The van der Waals surface area contributed by atoms with Crippen LogP contribution in [0.4, 0.5) is 13.2 Å². The van der Waals surface area contributed by atoms with E-state index in [-0.39, 0.29) is 6.04 Å². The quantitative estimate of drug-likeness (QED) is 0.815. The molecule has 0 aliphatic carbocycles. The van der Waals surface area contributed by atoms with Gasteiger partial charge in [0.15, 0.2) is 0 Å². The van der Waals surface area contributed by atoms with E-state index in [4.69, 9.17) is 4.74 Å². The van der Waals surface area contributed by atoms with Crippen molar-refractivity contribution < 1.29 is 22.7 Å². The molecule has 1 aromatic carbocycles. The average molecular weight is 368 g/mol. The maximum absolute atomic E-state index is 12.8. The van der Waals surface area contributed by atoms with Gasteiger partial charge in [-0.05, 0) is 19.1 Å². The first-order chi connectivity index (χ1) is 12.1. The molecule has 0 aliphatic rings. The Labute approximate surface area is 148 Å². The number of halogens is 3. The molecule has 140 valence electrons. The van der Waals surface area contributed by atoms with Gasteiger partial charge in [-0.1, -0.05) is 18.2 Å². The number of aromatic nitrogens is 1. The number of nitrogens with zero attached hydrogens (tertiary/aromatic N) is 2. The minimum atomic E-state index is -4.59. The Bertz CT molecular complexity index is 846. The smallest absolute Gasteiger partial charge is 0.417 e. The first-order valence-electron chi connectivity index (χ1n) is 7.81. The highest BCUT2D eigenvalue weighted by Crippen LogP contribution is 2.29. The number of hydrogen-bond acceptors (Lipinski definition) is 3. The molecule has 1 heterocycles. The Hall–Kier alpha value is -2.77. The van der Waals surface area contributed by atoms with Crippen LogP contribution in [0.1, 0.15) is 24.1 Å². The number of hydrogen-bond donors (Lipinski definition) is 0. The number of alkyl halides is 3. The molecule has 0 radical (unpaired) electrons. The third-order valence-electron chi connectivity index (χ3n) is 4.18. The molecular weight excluding hydrogens is 349 g/mol. The monoisotopic (exact) mass is 368 g/mol. The van der Waals surface area contributed by atoms with Crippen molar-refractivity contribution in [2.75, 3.05) is 14.2 Å². The summed E-state index contributed by atoms with van der Waals surface area (Å²) in [6, 6.07) is 8.25. The molecule has 0 saturated carbocycles. The summed E-state index contributed by atoms with van der Waals surface area (Å²) in [6.45, 7) is 1.28. The lowest BCUT2D eigenvalue weighted by molar-refractivity contribution is -0.139. The molecule has 0 bridgehead atoms. The van der Waals surface area contributed by atoms with Crippen LogP contribution in [-0.4, -0.2) is 29.5 Å². The molecule has 1 amide bonds. The normalized spacial score (nSPS) is 12.5. The van der Waals surface area contributed by atoms with Gasteiger partial charge in [-0.15, -0.1) is 0 Å². The zero-order chi connectivity index (χ0) is 19.5. The van der Waals surface area contributed by atoms with E-state index in [1.54, 1.807) is 31.2 Å². The maximum atomic E-state index is 12.8. The van der Waals surface area contributed by atoms with Crippen LogP contribution in [0.3, 0.4) is 0 Å². The summed E-state index contributed by atoms with van der Waals surface area (Å²) in [5, 5.41) is 0. The van der Waals surface area contributed by atoms with Crippen molar-refractivity contribution in [3.63, 3.8) is 0 Å². The Morgan fingerprint density at radius 1 is 1.23 bits per heavy atom. The molecule has 1 unspecified atom stereocenters. The van der Waals surface area contributed by atoms with Crippen molar-refractivity contribution in [3.8, 4) is 5.75 Å². The molecule has 5 nitrogen and oxygen atoms in total. The topological polar surface area (TPSA) is 51.5 Å². The lowest BCUT2D eigenvalue weighted by Gasteiger charge is -2.27. The van der Waals surface area contributed by atoms with E-state index >= 15 is 0 Å². The van der Waals surface area contributed by atoms with Crippen LogP contribution in [0.25, 0.3) is 0 Å². The van der Waals surface area contributed by atoms with Crippen molar-refractivity contribution in [2.45, 2.75) is 25.7 Å². The minimum Gasteiger partial charge on any atom is -0.496 e. The number of amides is 1. The molecule has 0 aliphatic heterocycles. The number of benzene rings is 1. The predicted octanol–water partition coefficient (Wildman–Crippen LogP) is 3.10. The lowest BCUT2D eigenvalue weighted by Crippen LogP contribution is -2.35. The van der Waals surface area contributed by atoms with E-state index in [2.05, 4.69) is 0 Å². The summed E-state index contributed by atoms with van der Waals surface area (Å²) in [5.74, 6) is 0.0979. The van der Waals surface area contributed by atoms with Crippen LogP contribution in [0.2, 0.25) is 0 Å². The summed E-state index contributed by atoms with van der Waals surface area (Å²) in [5.41, 5.74) is -0.905. The molecule has 0 spiro atoms. The highest BCUT2D eigenvalue weighted by molar-refractivity contribution is 5.76. The molecule has 0 N–H and O–H groups in total. The Kier molecular flexibility index (Phi) is 5.74. The van der Waals surface area contributed by atoms with Crippen LogP contribution >= 0.6 is 0 Å². The molecule has 8 heteroatoms. The molecular formula is C18H19F3N2O3. The molecule has 2 aromatic rings. The van der Waals surface area contributed by atoms with Crippen LogP contribution in [-0.2, 0) is 17.5 Å². The third-order valence-corrected chi connectivity index (χ3v) is 4.18. The summed E-state index contributed by atoms with van der Waals surface area (Å²) < 4.78 is 44.4. The van der Waals surface area contributed by atoms with Crippen molar-refractivity contribution in [2.24, 2.45) is 0 Å². The van der Waals surface area contributed by atoms with Gasteiger partial charge in [0.05, 0.1) is 18.7 Å². The van der Waals surface area contributed by atoms with Gasteiger partial charge in [-0.2, -0.15) is 13.2 Å². The second-order valence-corrected chi connectivity index (χ2v) is 5.80. The molecule has 26 heavy (non-hydrogen) atoms. The van der Waals surface area contributed by atoms with Crippen LogP contribution in [0, 0.1) is 0 Å². The van der Waals surface area contributed by atoms with Gasteiger partial charge in [0, 0.05) is 24.9 Å². The molecule has 1 aromatic heterocycles. The summed E-state index contributed by atoms with van der Waals surface area (Å²) >= 11 is 0. The first-order valence-corrected chi connectivity index (χ1v) is 7.81. The molecule has 2 rings (SSSR count). The average Bonchev–Trinajstić information content (AvgIpc) is 2.61. The standard InChI is InChI=1S/C18H19F3N2O3/c1-12(14-6-4-5-7-15(14)26-3)22(2)17(25)11-23-10-13(18(19,20)21)8-9-16(23)24/h4-10,12H,11H2,1-3H3. The second-order valence-electron chi connectivity index (χ2n) is 5.80. The fourth-order valence-corrected chi connectivity index (χ4v) is 2.52. The van der Waals surface area contributed by atoms with Crippen molar-refractivity contribution in [1.82, 2.24) is 9.47 Å². The molecule has 0 saturated heterocycles. The van der Waals surface area contributed by atoms with Gasteiger partial charge < -0.3 is 14.2 Å². The first kappa shape index (κ1) is 19.6. The number of carbonyl (C=O) groups is 1. The van der Waals surface area contributed by atoms with E-state index in [0.29, 0.717) is 18.0 Å². The Morgan fingerprint density at radius 3 is 2.50 bits per heavy atom. The summed E-state index contributed by atoms with van der Waals surface area (Å²) in [4.78, 5) is 25.7. The van der Waals surface area contributed by atoms with Crippen LogP contribution in [0.15, 0.2) is 47.4 Å². The van der Waals surface area contributed by atoms with Crippen LogP contribution < -0.4 is 10.3 Å². The van der Waals surface area contributed by atoms with Gasteiger partial charge >= 0.3 is 6.18 Å². The summed E-state index contributed by atoms with van der Waals surface area (Å²) in [6.07, 6.45) is -3.93. The zero-order valence-corrected chi connectivity index (χ0v) is 14.6. The zero-order valence-electron chi connectivity index (χ0n) is 14.6. The maximum Gasteiger partial charge on any atom is 0.417 e. The second kappa shape index (κ2) is 7.63. The van der Waals surface area contributed by atoms with E-state index in [1.165, 1.54) is 19.1 Å². The minimum absolute atomic E-state index is 0.389. The number of rotatable bonds is 5. The van der Waals surface area contributed by atoms with E-state index in [0.717, 1.165) is 16.2 Å². The van der Waals surface area contributed by atoms with Gasteiger partial charge in [-0.3, -0.25) is 9.59 Å². The molecule has 1 atom stereocenters. The Balaban J connectivity index is 2.23. The summed E-state index contributed by atoms with van der Waals surface area (Å²) in [7, 11) is 3.04. The van der Waals surface area contributed by atoms with Crippen LogP contribution in [0.5, 0.6) is 5.75 Å².